The smallest absolute Gasteiger partial charge is 0.0827 e. The number of aryl methyl sites for hydroxylation is 1. The Bertz CT molecular complexity index is 413. The molecule has 1 unspecified atom stereocenters. The summed E-state index contributed by atoms with van der Waals surface area (Å²) in [5.41, 5.74) is 6.79. The number of aromatic nitrogens is 3. The first-order valence-electron chi connectivity index (χ1n) is 7.56. The minimum Gasteiger partial charge on any atom is -0.375 e. The van der Waals surface area contributed by atoms with E-state index in [1.165, 1.54) is 19.3 Å². The van der Waals surface area contributed by atoms with Crippen molar-refractivity contribution in [2.45, 2.75) is 63.0 Å². The van der Waals surface area contributed by atoms with Crippen LogP contribution in [0.1, 0.15) is 56.7 Å². The Kier molecular flexibility index (Phi) is 3.84. The van der Waals surface area contributed by atoms with Crippen LogP contribution in [0.5, 0.6) is 0 Å². The van der Waals surface area contributed by atoms with Gasteiger partial charge in [-0.1, -0.05) is 5.21 Å². The van der Waals surface area contributed by atoms with Crippen LogP contribution in [0.15, 0.2) is 6.20 Å². The highest BCUT2D eigenvalue weighted by Gasteiger charge is 2.43. The third kappa shape index (κ3) is 2.82. The van der Waals surface area contributed by atoms with Gasteiger partial charge in [0.05, 0.1) is 17.3 Å². The molecule has 1 saturated heterocycles. The predicted octanol–water partition coefficient (Wildman–Crippen LogP) is 1.83. The molecule has 2 heterocycles. The molecule has 2 fully saturated rings. The Labute approximate surface area is 114 Å². The van der Waals surface area contributed by atoms with Crippen LogP contribution < -0.4 is 5.73 Å². The lowest BCUT2D eigenvalue weighted by molar-refractivity contribution is -0.141. The molecule has 0 bridgehead atoms. The molecule has 2 aliphatic rings. The largest absolute Gasteiger partial charge is 0.375 e. The maximum Gasteiger partial charge on any atom is 0.0827 e. The van der Waals surface area contributed by atoms with E-state index in [0.29, 0.717) is 6.04 Å². The summed E-state index contributed by atoms with van der Waals surface area (Å²) < 4.78 is 8.03. The molecular formula is C14H24N4O. The number of hydrogen-bond acceptors (Lipinski definition) is 4. The van der Waals surface area contributed by atoms with Gasteiger partial charge in [-0.3, -0.25) is 0 Å². The van der Waals surface area contributed by atoms with Gasteiger partial charge in [0, 0.05) is 12.8 Å². The normalized spacial score (nSPS) is 25.4. The first-order valence-corrected chi connectivity index (χ1v) is 7.56. The molecular weight excluding hydrogens is 240 g/mol. The summed E-state index contributed by atoms with van der Waals surface area (Å²) in [6, 6.07) is 0.477. The van der Waals surface area contributed by atoms with E-state index in [0.717, 1.165) is 50.9 Å². The van der Waals surface area contributed by atoms with E-state index in [-0.39, 0.29) is 5.60 Å². The summed E-state index contributed by atoms with van der Waals surface area (Å²) in [5, 5.41) is 8.61. The van der Waals surface area contributed by atoms with Gasteiger partial charge in [-0.05, 0) is 57.9 Å². The third-order valence-electron chi connectivity index (χ3n) is 4.55. The first-order chi connectivity index (χ1) is 9.31. The molecule has 3 rings (SSSR count). The zero-order chi connectivity index (χ0) is 13.1. The maximum atomic E-state index is 5.96. The van der Waals surface area contributed by atoms with Crippen LogP contribution in [0.4, 0.5) is 0 Å². The van der Waals surface area contributed by atoms with Gasteiger partial charge in [-0.25, -0.2) is 4.68 Å². The van der Waals surface area contributed by atoms with Crippen LogP contribution in [0.3, 0.4) is 0 Å². The number of ether oxygens (including phenoxy) is 1. The lowest BCUT2D eigenvalue weighted by Gasteiger charge is -2.47. The molecule has 1 aliphatic heterocycles. The van der Waals surface area contributed by atoms with Crippen molar-refractivity contribution in [1.82, 2.24) is 15.0 Å². The van der Waals surface area contributed by atoms with E-state index < -0.39 is 0 Å². The van der Waals surface area contributed by atoms with Gasteiger partial charge in [-0.2, -0.15) is 0 Å². The van der Waals surface area contributed by atoms with Gasteiger partial charge in [-0.15, -0.1) is 5.10 Å². The molecule has 19 heavy (non-hydrogen) atoms. The van der Waals surface area contributed by atoms with Crippen molar-refractivity contribution in [2.75, 3.05) is 13.2 Å². The zero-order valence-electron chi connectivity index (χ0n) is 11.6. The summed E-state index contributed by atoms with van der Waals surface area (Å²) in [6.07, 6.45) is 11.2. The molecule has 1 aromatic rings. The first kappa shape index (κ1) is 13.1. The zero-order valence-corrected chi connectivity index (χ0v) is 11.6. The SMILES string of the molecule is NCCCCc1cn(C2CCOC3(CCC3)C2)nn1. The van der Waals surface area contributed by atoms with Crippen molar-refractivity contribution in [2.24, 2.45) is 5.73 Å². The van der Waals surface area contributed by atoms with E-state index in [2.05, 4.69) is 21.2 Å². The lowest BCUT2D eigenvalue weighted by Crippen LogP contribution is -2.46. The van der Waals surface area contributed by atoms with Gasteiger partial charge in [0.1, 0.15) is 0 Å². The Morgan fingerprint density at radius 1 is 1.42 bits per heavy atom. The minimum absolute atomic E-state index is 0.175. The van der Waals surface area contributed by atoms with E-state index in [9.17, 15) is 0 Å². The Hall–Kier alpha value is -0.940. The van der Waals surface area contributed by atoms with E-state index >= 15 is 0 Å². The molecule has 0 radical (unpaired) electrons. The van der Waals surface area contributed by atoms with E-state index in [1.807, 2.05) is 0 Å². The highest BCUT2D eigenvalue weighted by molar-refractivity contribution is 4.98. The van der Waals surface area contributed by atoms with Crippen molar-refractivity contribution in [3.05, 3.63) is 11.9 Å². The second-order valence-corrected chi connectivity index (χ2v) is 5.97. The molecule has 5 heteroatoms. The Morgan fingerprint density at radius 2 is 2.32 bits per heavy atom. The summed E-state index contributed by atoms with van der Waals surface area (Å²) in [7, 11) is 0. The number of unbranched alkanes of at least 4 members (excludes halogenated alkanes) is 1. The van der Waals surface area contributed by atoms with Crippen LogP contribution in [0, 0.1) is 0 Å². The summed E-state index contributed by atoms with van der Waals surface area (Å²) >= 11 is 0. The molecule has 2 N–H and O–H groups in total. The fraction of sp³-hybridized carbons (Fsp3) is 0.857. The van der Waals surface area contributed by atoms with Crippen LogP contribution >= 0.6 is 0 Å². The molecule has 0 amide bonds. The molecule has 1 spiro atoms. The van der Waals surface area contributed by atoms with Gasteiger partial charge in [0.15, 0.2) is 0 Å². The Balaban J connectivity index is 1.59. The van der Waals surface area contributed by atoms with Crippen molar-refractivity contribution < 1.29 is 4.74 Å². The number of nitrogens with zero attached hydrogens (tertiary/aromatic N) is 3. The van der Waals surface area contributed by atoms with Crippen LogP contribution in [-0.4, -0.2) is 33.7 Å². The summed E-state index contributed by atoms with van der Waals surface area (Å²) in [4.78, 5) is 0. The Morgan fingerprint density at radius 3 is 3.05 bits per heavy atom. The number of hydrogen-bond donors (Lipinski definition) is 1. The van der Waals surface area contributed by atoms with Gasteiger partial charge >= 0.3 is 0 Å². The highest BCUT2D eigenvalue weighted by atomic mass is 16.5. The fourth-order valence-electron chi connectivity index (χ4n) is 3.20. The van der Waals surface area contributed by atoms with Crippen molar-refractivity contribution in [3.8, 4) is 0 Å². The summed E-state index contributed by atoms with van der Waals surface area (Å²) in [6.45, 7) is 1.63. The predicted molar refractivity (Wildman–Crippen MR) is 72.8 cm³/mol. The van der Waals surface area contributed by atoms with Crippen LogP contribution in [0.25, 0.3) is 0 Å². The molecule has 5 nitrogen and oxygen atoms in total. The molecule has 106 valence electrons. The average molecular weight is 264 g/mol. The standard InChI is InChI=1S/C14H24N4O/c15-8-2-1-4-12-11-18(17-16-12)13-5-9-19-14(10-13)6-3-7-14/h11,13H,1-10,15H2. The molecule has 1 saturated carbocycles. The number of rotatable bonds is 5. The van der Waals surface area contributed by atoms with Gasteiger partial charge < -0.3 is 10.5 Å². The molecule has 1 aliphatic carbocycles. The molecule has 1 aromatic heterocycles. The summed E-state index contributed by atoms with van der Waals surface area (Å²) in [5.74, 6) is 0. The number of nitrogens with two attached hydrogens (primary N) is 1. The average Bonchev–Trinajstić information content (AvgIpc) is 2.86. The van der Waals surface area contributed by atoms with E-state index in [1.54, 1.807) is 0 Å². The van der Waals surface area contributed by atoms with Crippen molar-refractivity contribution in [1.29, 1.82) is 0 Å². The topological polar surface area (TPSA) is 66.0 Å². The third-order valence-corrected chi connectivity index (χ3v) is 4.55. The fourth-order valence-corrected chi connectivity index (χ4v) is 3.20. The van der Waals surface area contributed by atoms with Gasteiger partial charge in [0.2, 0.25) is 0 Å². The second-order valence-electron chi connectivity index (χ2n) is 5.97. The monoisotopic (exact) mass is 264 g/mol. The van der Waals surface area contributed by atoms with Crippen molar-refractivity contribution >= 4 is 0 Å². The van der Waals surface area contributed by atoms with Crippen LogP contribution in [-0.2, 0) is 11.2 Å². The van der Waals surface area contributed by atoms with Gasteiger partial charge in [0.25, 0.3) is 0 Å². The van der Waals surface area contributed by atoms with Crippen molar-refractivity contribution in [3.63, 3.8) is 0 Å². The van der Waals surface area contributed by atoms with E-state index in [4.69, 9.17) is 10.5 Å². The molecule has 1 atom stereocenters. The second kappa shape index (κ2) is 5.59. The molecule has 0 aromatic carbocycles. The minimum atomic E-state index is 0.175. The lowest BCUT2D eigenvalue weighted by atomic mass is 9.74. The maximum absolute atomic E-state index is 5.96. The quantitative estimate of drug-likeness (QED) is 0.824. The highest BCUT2D eigenvalue weighted by Crippen LogP contribution is 2.45. The van der Waals surface area contributed by atoms with Crippen LogP contribution in [0.2, 0.25) is 0 Å².